The average molecular weight is 186 g/mol. The van der Waals surface area contributed by atoms with Gasteiger partial charge in [0.15, 0.2) is 0 Å². The van der Waals surface area contributed by atoms with Gasteiger partial charge in [0.05, 0.1) is 11.9 Å². The molecule has 0 saturated carbocycles. The van der Waals surface area contributed by atoms with Crippen molar-refractivity contribution in [3.63, 3.8) is 0 Å². The van der Waals surface area contributed by atoms with Crippen molar-refractivity contribution in [1.82, 2.24) is 10.2 Å². The predicted octanol–water partition coefficient (Wildman–Crippen LogP) is 2.95. The molecule has 1 aromatic heterocycles. The van der Waals surface area contributed by atoms with E-state index in [1.54, 1.807) is 0 Å². The Hall–Kier alpha value is -1.57. The molecule has 2 aromatic rings. The van der Waals surface area contributed by atoms with E-state index in [2.05, 4.69) is 48.3 Å². The van der Waals surface area contributed by atoms with Crippen LogP contribution in [0.15, 0.2) is 30.5 Å². The molecule has 0 fully saturated rings. The van der Waals surface area contributed by atoms with Crippen molar-refractivity contribution in [2.24, 2.45) is 0 Å². The number of hydrogen-bond donors (Lipinski definition) is 1. The van der Waals surface area contributed by atoms with Crippen LogP contribution in [0.1, 0.15) is 18.1 Å². The Morgan fingerprint density at radius 1 is 1.29 bits per heavy atom. The third kappa shape index (κ3) is 1.43. The number of H-pyrrole nitrogens is 1. The summed E-state index contributed by atoms with van der Waals surface area (Å²) >= 11 is 0. The van der Waals surface area contributed by atoms with E-state index in [1.807, 2.05) is 6.20 Å². The van der Waals surface area contributed by atoms with E-state index in [0.717, 1.165) is 12.1 Å². The third-order valence-corrected chi connectivity index (χ3v) is 2.50. The Morgan fingerprint density at radius 2 is 2.07 bits per heavy atom. The molecule has 0 radical (unpaired) electrons. The summed E-state index contributed by atoms with van der Waals surface area (Å²) in [6.45, 7) is 4.25. The molecule has 0 amide bonds. The highest BCUT2D eigenvalue weighted by molar-refractivity contribution is 5.66. The monoisotopic (exact) mass is 186 g/mol. The Morgan fingerprint density at radius 3 is 2.71 bits per heavy atom. The summed E-state index contributed by atoms with van der Waals surface area (Å²) in [6, 6.07) is 8.44. The molecule has 1 aromatic carbocycles. The van der Waals surface area contributed by atoms with Crippen molar-refractivity contribution >= 4 is 0 Å². The van der Waals surface area contributed by atoms with Gasteiger partial charge in [-0.1, -0.05) is 31.2 Å². The molecule has 0 atom stereocenters. The molecule has 2 rings (SSSR count). The molecule has 0 aliphatic heterocycles. The van der Waals surface area contributed by atoms with Crippen molar-refractivity contribution in [2.75, 3.05) is 0 Å². The average Bonchev–Trinajstić information content (AvgIpc) is 2.64. The van der Waals surface area contributed by atoms with E-state index in [0.29, 0.717) is 0 Å². The van der Waals surface area contributed by atoms with Gasteiger partial charge in [-0.25, -0.2) is 0 Å². The molecule has 14 heavy (non-hydrogen) atoms. The van der Waals surface area contributed by atoms with Gasteiger partial charge in [-0.3, -0.25) is 5.10 Å². The third-order valence-electron chi connectivity index (χ3n) is 2.50. The number of nitrogens with one attached hydrogen (secondary N) is 1. The zero-order chi connectivity index (χ0) is 9.97. The fourth-order valence-corrected chi connectivity index (χ4v) is 1.69. The van der Waals surface area contributed by atoms with Crippen LogP contribution in [0.3, 0.4) is 0 Å². The minimum absolute atomic E-state index is 1.05. The minimum Gasteiger partial charge on any atom is -0.278 e. The fraction of sp³-hybridized carbons (Fsp3) is 0.250. The van der Waals surface area contributed by atoms with E-state index in [1.165, 1.54) is 16.7 Å². The topological polar surface area (TPSA) is 28.7 Å². The van der Waals surface area contributed by atoms with Crippen molar-refractivity contribution in [3.8, 4) is 11.3 Å². The second kappa shape index (κ2) is 3.66. The van der Waals surface area contributed by atoms with Gasteiger partial charge in [0.2, 0.25) is 0 Å². The van der Waals surface area contributed by atoms with Crippen molar-refractivity contribution in [1.29, 1.82) is 0 Å². The van der Waals surface area contributed by atoms with Gasteiger partial charge in [0.25, 0.3) is 0 Å². The highest BCUT2D eigenvalue weighted by Crippen LogP contribution is 2.24. The minimum atomic E-state index is 1.05. The van der Waals surface area contributed by atoms with E-state index >= 15 is 0 Å². The van der Waals surface area contributed by atoms with Crippen LogP contribution in [-0.2, 0) is 6.42 Å². The molecule has 0 bridgehead atoms. The highest BCUT2D eigenvalue weighted by atomic mass is 15.1. The van der Waals surface area contributed by atoms with Crippen molar-refractivity contribution in [3.05, 3.63) is 41.6 Å². The lowest BCUT2D eigenvalue weighted by atomic mass is 10.0. The lowest BCUT2D eigenvalue weighted by molar-refractivity contribution is 1.08. The number of aromatic amines is 1. The van der Waals surface area contributed by atoms with Crippen LogP contribution in [0.4, 0.5) is 0 Å². The van der Waals surface area contributed by atoms with Crippen LogP contribution in [0.2, 0.25) is 0 Å². The number of hydrogen-bond acceptors (Lipinski definition) is 1. The summed E-state index contributed by atoms with van der Waals surface area (Å²) < 4.78 is 0. The molecule has 72 valence electrons. The van der Waals surface area contributed by atoms with Crippen molar-refractivity contribution < 1.29 is 0 Å². The Kier molecular flexibility index (Phi) is 2.35. The number of aromatic nitrogens is 2. The predicted molar refractivity (Wildman–Crippen MR) is 58.1 cm³/mol. The van der Waals surface area contributed by atoms with Gasteiger partial charge >= 0.3 is 0 Å². The summed E-state index contributed by atoms with van der Waals surface area (Å²) in [5, 5.41) is 7.09. The smallest absolute Gasteiger partial charge is 0.0682 e. The van der Waals surface area contributed by atoms with Crippen LogP contribution >= 0.6 is 0 Å². The number of aryl methyl sites for hydroxylation is 2. The zero-order valence-electron chi connectivity index (χ0n) is 8.54. The maximum atomic E-state index is 4.05. The van der Waals surface area contributed by atoms with E-state index in [4.69, 9.17) is 0 Å². The Balaban J connectivity index is 2.56. The van der Waals surface area contributed by atoms with Crippen LogP contribution in [0.5, 0.6) is 0 Å². The molecule has 0 spiro atoms. The second-order valence-electron chi connectivity index (χ2n) is 3.44. The molecular weight excluding hydrogens is 172 g/mol. The molecular formula is C12H14N2. The normalized spacial score (nSPS) is 10.4. The van der Waals surface area contributed by atoms with Crippen molar-refractivity contribution in [2.45, 2.75) is 20.3 Å². The number of rotatable bonds is 2. The molecule has 0 aliphatic rings. The maximum Gasteiger partial charge on any atom is 0.0682 e. The largest absolute Gasteiger partial charge is 0.278 e. The highest BCUT2D eigenvalue weighted by Gasteiger charge is 2.06. The first-order valence-electron chi connectivity index (χ1n) is 4.91. The van der Waals surface area contributed by atoms with E-state index < -0.39 is 0 Å². The lowest BCUT2D eigenvalue weighted by Gasteiger charge is -2.05. The second-order valence-corrected chi connectivity index (χ2v) is 3.44. The molecule has 1 N–H and O–H groups in total. The summed E-state index contributed by atoms with van der Waals surface area (Å²) in [5.41, 5.74) is 4.97. The molecule has 0 unspecified atom stereocenters. The maximum absolute atomic E-state index is 4.05. The zero-order valence-corrected chi connectivity index (χ0v) is 8.54. The summed E-state index contributed by atoms with van der Waals surface area (Å²) in [7, 11) is 0. The van der Waals surface area contributed by atoms with Gasteiger partial charge in [0.1, 0.15) is 0 Å². The standard InChI is InChI=1S/C12H14N2/c1-3-10-6-4-5-7-11(10)12-9(2)8-13-14-12/h4-8H,3H2,1-2H3,(H,13,14). The van der Waals surface area contributed by atoms with Crippen LogP contribution in [0.25, 0.3) is 11.3 Å². The van der Waals surface area contributed by atoms with Gasteiger partial charge in [-0.05, 0) is 24.5 Å². The van der Waals surface area contributed by atoms with E-state index in [9.17, 15) is 0 Å². The SMILES string of the molecule is CCc1ccccc1-c1[nH]ncc1C. The van der Waals surface area contributed by atoms with Gasteiger partial charge in [-0.2, -0.15) is 5.10 Å². The van der Waals surface area contributed by atoms with Gasteiger partial charge < -0.3 is 0 Å². The Labute approximate surface area is 84.0 Å². The first-order chi connectivity index (χ1) is 6.83. The first kappa shape index (κ1) is 9.00. The van der Waals surface area contributed by atoms with Gasteiger partial charge in [-0.15, -0.1) is 0 Å². The van der Waals surface area contributed by atoms with Crippen LogP contribution in [0, 0.1) is 6.92 Å². The lowest BCUT2D eigenvalue weighted by Crippen LogP contribution is -1.88. The quantitative estimate of drug-likeness (QED) is 0.767. The fourth-order valence-electron chi connectivity index (χ4n) is 1.69. The molecule has 0 saturated heterocycles. The molecule has 0 aliphatic carbocycles. The summed E-state index contributed by atoms with van der Waals surface area (Å²) in [6.07, 6.45) is 2.91. The number of nitrogens with zero attached hydrogens (tertiary/aromatic N) is 1. The Bertz CT molecular complexity index is 429. The van der Waals surface area contributed by atoms with Crippen LogP contribution < -0.4 is 0 Å². The van der Waals surface area contributed by atoms with Gasteiger partial charge in [0, 0.05) is 5.56 Å². The van der Waals surface area contributed by atoms with E-state index in [-0.39, 0.29) is 0 Å². The molecule has 2 nitrogen and oxygen atoms in total. The van der Waals surface area contributed by atoms with Crippen LogP contribution in [-0.4, -0.2) is 10.2 Å². The summed E-state index contributed by atoms with van der Waals surface area (Å²) in [5.74, 6) is 0. The molecule has 1 heterocycles. The first-order valence-corrected chi connectivity index (χ1v) is 4.91. The number of benzene rings is 1. The summed E-state index contributed by atoms with van der Waals surface area (Å²) in [4.78, 5) is 0. The molecule has 2 heteroatoms.